The number of nitrogens with zero attached hydrogens (tertiary/aromatic N) is 3. The van der Waals surface area contributed by atoms with Crippen molar-refractivity contribution in [2.75, 3.05) is 6.54 Å². The van der Waals surface area contributed by atoms with Gasteiger partial charge in [0, 0.05) is 37.4 Å². The summed E-state index contributed by atoms with van der Waals surface area (Å²) in [6.07, 6.45) is 3.19. The molecule has 4 rings (SSSR count). The first-order chi connectivity index (χ1) is 10.2. The number of hydrogen-bond donors (Lipinski definition) is 1. The highest BCUT2D eigenvalue weighted by Crippen LogP contribution is 2.37. The van der Waals surface area contributed by atoms with Crippen LogP contribution < -0.4 is 5.56 Å². The van der Waals surface area contributed by atoms with E-state index in [1.807, 2.05) is 6.92 Å². The summed E-state index contributed by atoms with van der Waals surface area (Å²) in [7, 11) is 0. The minimum absolute atomic E-state index is 0.0565. The maximum absolute atomic E-state index is 12.3. The van der Waals surface area contributed by atoms with E-state index in [4.69, 9.17) is 0 Å². The number of fused-ring (bicyclic) bond motifs is 1. The van der Waals surface area contributed by atoms with Crippen LogP contribution in [0.1, 0.15) is 46.5 Å². The van der Waals surface area contributed by atoms with E-state index in [-0.39, 0.29) is 5.56 Å². The molecule has 0 spiro atoms. The predicted octanol–water partition coefficient (Wildman–Crippen LogP) is 1.97. The normalized spacial score (nSPS) is 18.7. The van der Waals surface area contributed by atoms with Gasteiger partial charge in [-0.1, -0.05) is 0 Å². The quantitative estimate of drug-likeness (QED) is 0.941. The van der Waals surface area contributed by atoms with Crippen LogP contribution in [-0.4, -0.2) is 26.4 Å². The predicted molar refractivity (Wildman–Crippen MR) is 81.5 cm³/mol. The van der Waals surface area contributed by atoms with Gasteiger partial charge in [0.15, 0.2) is 0 Å². The van der Waals surface area contributed by atoms with Crippen LogP contribution >= 0.6 is 11.3 Å². The van der Waals surface area contributed by atoms with Gasteiger partial charge in [-0.05, 0) is 19.8 Å². The van der Waals surface area contributed by atoms with E-state index in [2.05, 4.69) is 25.2 Å². The topological polar surface area (TPSA) is 61.9 Å². The molecule has 0 bridgehead atoms. The Bertz CT molecular complexity index is 732. The summed E-state index contributed by atoms with van der Waals surface area (Å²) in [5.74, 6) is 1.40. The lowest BCUT2D eigenvalue weighted by Gasteiger charge is -2.27. The Balaban J connectivity index is 1.55. The van der Waals surface area contributed by atoms with Crippen LogP contribution in [0.5, 0.6) is 0 Å². The molecule has 2 aromatic heterocycles. The fourth-order valence-corrected chi connectivity index (χ4v) is 3.50. The molecule has 2 aliphatic rings. The smallest absolute Gasteiger partial charge is 0.255 e. The van der Waals surface area contributed by atoms with Crippen molar-refractivity contribution in [2.45, 2.75) is 45.2 Å². The van der Waals surface area contributed by atoms with Crippen molar-refractivity contribution in [3.8, 4) is 0 Å². The minimum atomic E-state index is 0.0565. The molecule has 0 saturated heterocycles. The monoisotopic (exact) mass is 302 g/mol. The zero-order valence-electron chi connectivity index (χ0n) is 12.1. The molecule has 21 heavy (non-hydrogen) atoms. The molecule has 1 N–H and O–H groups in total. The molecular weight excluding hydrogens is 284 g/mol. The van der Waals surface area contributed by atoms with Gasteiger partial charge in [-0.15, -0.1) is 11.3 Å². The molecule has 110 valence electrons. The summed E-state index contributed by atoms with van der Waals surface area (Å²) in [6, 6.07) is 0. The van der Waals surface area contributed by atoms with Gasteiger partial charge in [0.05, 0.1) is 22.0 Å². The van der Waals surface area contributed by atoms with E-state index in [0.717, 1.165) is 60.1 Å². The van der Waals surface area contributed by atoms with E-state index in [9.17, 15) is 4.79 Å². The van der Waals surface area contributed by atoms with Crippen LogP contribution in [0.25, 0.3) is 0 Å². The van der Waals surface area contributed by atoms with Crippen molar-refractivity contribution in [1.82, 2.24) is 19.9 Å². The zero-order chi connectivity index (χ0) is 14.4. The summed E-state index contributed by atoms with van der Waals surface area (Å²) in [5, 5.41) is 3.19. The van der Waals surface area contributed by atoms with Gasteiger partial charge in [0.25, 0.3) is 5.56 Å². The van der Waals surface area contributed by atoms with E-state index < -0.39 is 0 Å². The molecule has 0 amide bonds. The van der Waals surface area contributed by atoms with Crippen molar-refractivity contribution in [2.24, 2.45) is 0 Å². The number of aromatic nitrogens is 3. The van der Waals surface area contributed by atoms with Crippen LogP contribution in [0.4, 0.5) is 0 Å². The molecule has 1 saturated carbocycles. The lowest BCUT2D eigenvalue weighted by molar-refractivity contribution is 0.239. The molecule has 3 heterocycles. The summed E-state index contributed by atoms with van der Waals surface area (Å²) >= 11 is 1.68. The SMILES string of the molecule is Cc1nc(CN2CCc3nc(C4CC4)[nH]c(=O)c3C2)cs1. The fourth-order valence-electron chi connectivity index (χ4n) is 2.90. The van der Waals surface area contributed by atoms with Gasteiger partial charge in [0.2, 0.25) is 0 Å². The standard InChI is InChI=1S/C15H18N4OS/c1-9-16-11(8-21-9)6-19-5-4-13-12(7-19)15(20)18-14(17-13)10-2-3-10/h8,10H,2-7H2,1H3,(H,17,18,20). The largest absolute Gasteiger partial charge is 0.310 e. The zero-order valence-corrected chi connectivity index (χ0v) is 12.9. The number of hydrogen-bond acceptors (Lipinski definition) is 5. The Hall–Kier alpha value is -1.53. The van der Waals surface area contributed by atoms with Crippen molar-refractivity contribution in [3.63, 3.8) is 0 Å². The van der Waals surface area contributed by atoms with Crippen LogP contribution in [0.2, 0.25) is 0 Å². The van der Waals surface area contributed by atoms with Crippen molar-refractivity contribution < 1.29 is 0 Å². The van der Waals surface area contributed by atoms with E-state index in [0.29, 0.717) is 12.5 Å². The van der Waals surface area contributed by atoms with Gasteiger partial charge in [0.1, 0.15) is 5.82 Å². The van der Waals surface area contributed by atoms with E-state index in [1.165, 1.54) is 0 Å². The first kappa shape index (κ1) is 13.2. The summed E-state index contributed by atoms with van der Waals surface area (Å²) < 4.78 is 0. The Kier molecular flexibility index (Phi) is 3.15. The van der Waals surface area contributed by atoms with Crippen LogP contribution in [0.15, 0.2) is 10.2 Å². The highest BCUT2D eigenvalue weighted by molar-refractivity contribution is 7.09. The maximum atomic E-state index is 12.3. The Morgan fingerprint density at radius 3 is 3.00 bits per heavy atom. The lowest BCUT2D eigenvalue weighted by Crippen LogP contribution is -2.35. The van der Waals surface area contributed by atoms with Crippen molar-refractivity contribution in [3.05, 3.63) is 43.5 Å². The second kappa shape index (κ2) is 5.03. The summed E-state index contributed by atoms with van der Waals surface area (Å²) in [5.41, 5.74) is 3.00. The number of aryl methyl sites for hydroxylation is 1. The maximum Gasteiger partial charge on any atom is 0.255 e. The van der Waals surface area contributed by atoms with Crippen LogP contribution in [0.3, 0.4) is 0 Å². The third kappa shape index (κ3) is 2.65. The van der Waals surface area contributed by atoms with Gasteiger partial charge in [-0.3, -0.25) is 9.69 Å². The van der Waals surface area contributed by atoms with Gasteiger partial charge in [-0.2, -0.15) is 0 Å². The number of aromatic amines is 1. The first-order valence-electron chi connectivity index (χ1n) is 7.44. The molecule has 0 unspecified atom stereocenters. The first-order valence-corrected chi connectivity index (χ1v) is 8.32. The average molecular weight is 302 g/mol. The average Bonchev–Trinajstić information content (AvgIpc) is 3.24. The number of rotatable bonds is 3. The molecule has 0 radical (unpaired) electrons. The molecule has 6 heteroatoms. The third-order valence-corrected chi connectivity index (χ3v) is 5.00. The Morgan fingerprint density at radius 1 is 1.43 bits per heavy atom. The number of nitrogens with one attached hydrogen (secondary N) is 1. The Labute approximate surface area is 127 Å². The molecule has 2 aromatic rings. The lowest BCUT2D eigenvalue weighted by atomic mass is 10.1. The molecular formula is C15H18N4OS. The Morgan fingerprint density at radius 2 is 2.29 bits per heavy atom. The van der Waals surface area contributed by atoms with Gasteiger partial charge < -0.3 is 4.98 Å². The molecule has 1 fully saturated rings. The summed E-state index contributed by atoms with van der Waals surface area (Å²) in [4.78, 5) is 26.7. The summed E-state index contributed by atoms with van der Waals surface area (Å²) in [6.45, 7) is 4.46. The molecule has 1 aliphatic heterocycles. The minimum Gasteiger partial charge on any atom is -0.310 e. The highest BCUT2D eigenvalue weighted by Gasteiger charge is 2.29. The molecule has 0 aromatic carbocycles. The van der Waals surface area contributed by atoms with Crippen LogP contribution in [-0.2, 0) is 19.5 Å². The molecule has 1 aliphatic carbocycles. The second-order valence-electron chi connectivity index (χ2n) is 5.97. The van der Waals surface area contributed by atoms with Crippen molar-refractivity contribution >= 4 is 11.3 Å². The number of H-pyrrole nitrogens is 1. The van der Waals surface area contributed by atoms with Gasteiger partial charge in [-0.25, -0.2) is 9.97 Å². The molecule has 5 nitrogen and oxygen atoms in total. The van der Waals surface area contributed by atoms with Crippen molar-refractivity contribution in [1.29, 1.82) is 0 Å². The number of thiazole rings is 1. The van der Waals surface area contributed by atoms with E-state index in [1.54, 1.807) is 11.3 Å². The van der Waals surface area contributed by atoms with Gasteiger partial charge >= 0.3 is 0 Å². The van der Waals surface area contributed by atoms with Crippen LogP contribution in [0, 0.1) is 6.92 Å². The molecule has 0 atom stereocenters. The third-order valence-electron chi connectivity index (χ3n) is 4.18. The second-order valence-corrected chi connectivity index (χ2v) is 7.03. The highest BCUT2D eigenvalue weighted by atomic mass is 32.1. The fraction of sp³-hybridized carbons (Fsp3) is 0.533. The van der Waals surface area contributed by atoms with E-state index >= 15 is 0 Å².